The number of anilines is 4. The van der Waals surface area contributed by atoms with E-state index >= 15 is 0 Å². The van der Waals surface area contributed by atoms with Gasteiger partial charge >= 0.3 is 0 Å². The molecule has 3 N–H and O–H groups in total. The summed E-state index contributed by atoms with van der Waals surface area (Å²) in [5, 5.41) is 6.50. The fourth-order valence-corrected chi connectivity index (χ4v) is 3.69. The summed E-state index contributed by atoms with van der Waals surface area (Å²) >= 11 is 1.47. The summed E-state index contributed by atoms with van der Waals surface area (Å²) in [4.78, 5) is 10.6. The molecule has 0 saturated heterocycles. The maximum atomic E-state index is 5.38. The van der Waals surface area contributed by atoms with Crippen LogP contribution in [0, 0.1) is 0 Å². The van der Waals surface area contributed by atoms with Crippen molar-refractivity contribution in [2.45, 2.75) is 4.90 Å². The standard InChI is InChI=1S/C23H23N5O2S/c1-24-15-7-6-8-19(13-15)31-28-23-22(26-20-9-4-5-10-21(20)27-23)25-16-11-17(29-2)14-18(12-16)30-3/h4-14,24H,1-3H3,(H,25,26)(H,27,28). The Kier molecular flexibility index (Phi) is 6.28. The first-order valence-electron chi connectivity index (χ1n) is 9.66. The Labute approximate surface area is 185 Å². The lowest BCUT2D eigenvalue weighted by Crippen LogP contribution is -2.03. The first-order chi connectivity index (χ1) is 15.2. The highest BCUT2D eigenvalue weighted by Gasteiger charge is 2.12. The summed E-state index contributed by atoms with van der Waals surface area (Å²) in [5.41, 5.74) is 3.43. The second-order valence-corrected chi connectivity index (χ2v) is 7.50. The van der Waals surface area contributed by atoms with Gasteiger partial charge in [-0.05, 0) is 42.3 Å². The van der Waals surface area contributed by atoms with E-state index in [9.17, 15) is 0 Å². The molecule has 3 aromatic carbocycles. The third-order valence-corrected chi connectivity index (χ3v) is 5.36. The van der Waals surface area contributed by atoms with Crippen molar-refractivity contribution in [2.24, 2.45) is 0 Å². The highest BCUT2D eigenvalue weighted by Crippen LogP contribution is 2.32. The van der Waals surface area contributed by atoms with Crippen LogP contribution in [0.15, 0.2) is 71.6 Å². The number of para-hydroxylation sites is 2. The summed E-state index contributed by atoms with van der Waals surface area (Å²) in [6.07, 6.45) is 0. The number of hydrogen-bond acceptors (Lipinski definition) is 8. The van der Waals surface area contributed by atoms with Crippen molar-refractivity contribution in [1.29, 1.82) is 0 Å². The number of fused-ring (bicyclic) bond motifs is 1. The lowest BCUT2D eigenvalue weighted by atomic mass is 10.2. The van der Waals surface area contributed by atoms with Gasteiger partial charge in [0, 0.05) is 41.5 Å². The average molecular weight is 434 g/mol. The molecule has 0 saturated carbocycles. The van der Waals surface area contributed by atoms with Crippen molar-refractivity contribution in [3.05, 3.63) is 66.7 Å². The molecule has 0 aliphatic heterocycles. The number of hydrogen-bond donors (Lipinski definition) is 3. The van der Waals surface area contributed by atoms with E-state index in [-0.39, 0.29) is 0 Å². The molecule has 1 heterocycles. The molecule has 0 amide bonds. The molecule has 4 aromatic rings. The van der Waals surface area contributed by atoms with Crippen LogP contribution in [0.3, 0.4) is 0 Å². The van der Waals surface area contributed by atoms with Gasteiger partial charge in [-0.2, -0.15) is 0 Å². The van der Waals surface area contributed by atoms with Gasteiger partial charge in [0.2, 0.25) is 0 Å². The van der Waals surface area contributed by atoms with Crippen LogP contribution in [-0.4, -0.2) is 31.2 Å². The van der Waals surface area contributed by atoms with Crippen molar-refractivity contribution < 1.29 is 9.47 Å². The van der Waals surface area contributed by atoms with Crippen LogP contribution in [0.4, 0.5) is 23.0 Å². The van der Waals surface area contributed by atoms with E-state index in [1.54, 1.807) is 14.2 Å². The Morgan fingerprint density at radius 3 is 2.06 bits per heavy atom. The van der Waals surface area contributed by atoms with Crippen LogP contribution < -0.4 is 24.8 Å². The van der Waals surface area contributed by atoms with Crippen molar-refractivity contribution in [1.82, 2.24) is 9.97 Å². The summed E-state index contributed by atoms with van der Waals surface area (Å²) < 4.78 is 14.1. The number of aromatic nitrogens is 2. The van der Waals surface area contributed by atoms with Gasteiger partial charge in [0.15, 0.2) is 11.6 Å². The fourth-order valence-electron chi connectivity index (χ4n) is 3.00. The zero-order valence-electron chi connectivity index (χ0n) is 17.5. The summed E-state index contributed by atoms with van der Waals surface area (Å²) in [6.45, 7) is 0. The van der Waals surface area contributed by atoms with Gasteiger partial charge in [-0.3, -0.25) is 0 Å². The van der Waals surface area contributed by atoms with Gasteiger partial charge < -0.3 is 24.8 Å². The van der Waals surface area contributed by atoms with Crippen molar-refractivity contribution in [2.75, 3.05) is 36.6 Å². The van der Waals surface area contributed by atoms with Crippen molar-refractivity contribution in [3.8, 4) is 11.5 Å². The first kappa shape index (κ1) is 20.6. The van der Waals surface area contributed by atoms with E-state index in [1.807, 2.05) is 67.7 Å². The topological polar surface area (TPSA) is 80.3 Å². The van der Waals surface area contributed by atoms with Gasteiger partial charge in [0.1, 0.15) is 11.5 Å². The van der Waals surface area contributed by atoms with E-state index in [0.717, 1.165) is 27.3 Å². The Morgan fingerprint density at radius 2 is 1.42 bits per heavy atom. The van der Waals surface area contributed by atoms with E-state index < -0.39 is 0 Å². The lowest BCUT2D eigenvalue weighted by molar-refractivity contribution is 0.395. The SMILES string of the molecule is CNc1cccc(SNc2nc3ccccc3nc2Nc2cc(OC)cc(OC)c2)c1. The monoisotopic (exact) mass is 433 g/mol. The number of nitrogens with zero attached hydrogens (tertiary/aromatic N) is 2. The van der Waals surface area contributed by atoms with Crippen molar-refractivity contribution in [3.63, 3.8) is 0 Å². The largest absolute Gasteiger partial charge is 0.497 e. The molecule has 0 spiro atoms. The lowest BCUT2D eigenvalue weighted by Gasteiger charge is -2.14. The maximum absolute atomic E-state index is 5.38. The molecule has 1 aromatic heterocycles. The third-order valence-electron chi connectivity index (χ3n) is 4.57. The first-order valence-corrected chi connectivity index (χ1v) is 10.5. The smallest absolute Gasteiger partial charge is 0.180 e. The minimum absolute atomic E-state index is 0.603. The van der Waals surface area contributed by atoms with Crippen LogP contribution in [-0.2, 0) is 0 Å². The highest BCUT2D eigenvalue weighted by atomic mass is 32.2. The molecule has 0 fully saturated rings. The molecule has 0 radical (unpaired) electrons. The van der Waals surface area contributed by atoms with E-state index in [0.29, 0.717) is 23.1 Å². The molecule has 158 valence electrons. The van der Waals surface area contributed by atoms with Crippen LogP contribution in [0.5, 0.6) is 11.5 Å². The minimum atomic E-state index is 0.603. The number of ether oxygens (including phenoxy) is 2. The summed E-state index contributed by atoms with van der Waals surface area (Å²) in [5.74, 6) is 2.60. The van der Waals surface area contributed by atoms with Gasteiger partial charge in [-0.25, -0.2) is 9.97 Å². The summed E-state index contributed by atoms with van der Waals surface area (Å²) in [7, 11) is 5.14. The number of benzene rings is 3. The number of methoxy groups -OCH3 is 2. The maximum Gasteiger partial charge on any atom is 0.180 e. The molecule has 8 heteroatoms. The Balaban J connectivity index is 1.68. The quantitative estimate of drug-likeness (QED) is 0.312. The predicted octanol–water partition coefficient (Wildman–Crippen LogP) is 5.55. The molecule has 4 rings (SSSR count). The minimum Gasteiger partial charge on any atom is -0.497 e. The van der Waals surface area contributed by atoms with Gasteiger partial charge in [0.25, 0.3) is 0 Å². The fraction of sp³-hybridized carbons (Fsp3) is 0.130. The second-order valence-electron chi connectivity index (χ2n) is 6.62. The second kappa shape index (κ2) is 9.44. The molecular formula is C23H23N5O2S. The Morgan fingerprint density at radius 1 is 0.742 bits per heavy atom. The normalized spacial score (nSPS) is 10.5. The zero-order chi connectivity index (χ0) is 21.6. The molecular weight excluding hydrogens is 410 g/mol. The number of rotatable bonds is 8. The molecule has 0 atom stereocenters. The van der Waals surface area contributed by atoms with Crippen molar-refractivity contribution >= 4 is 46.0 Å². The van der Waals surface area contributed by atoms with Crippen LogP contribution in [0.25, 0.3) is 11.0 Å². The zero-order valence-corrected chi connectivity index (χ0v) is 18.3. The molecule has 31 heavy (non-hydrogen) atoms. The summed E-state index contributed by atoms with van der Waals surface area (Å²) in [6, 6.07) is 21.5. The van der Waals surface area contributed by atoms with E-state index in [2.05, 4.69) is 21.4 Å². The molecule has 0 aliphatic carbocycles. The predicted molar refractivity (Wildman–Crippen MR) is 128 cm³/mol. The Bertz CT molecular complexity index is 1180. The molecule has 0 aliphatic rings. The highest BCUT2D eigenvalue weighted by molar-refractivity contribution is 8.00. The van der Waals surface area contributed by atoms with Gasteiger partial charge in [-0.1, -0.05) is 18.2 Å². The molecule has 0 bridgehead atoms. The Hall–Kier alpha value is -3.65. The molecule has 0 unspecified atom stereocenters. The van der Waals surface area contributed by atoms with Crippen LogP contribution in [0.2, 0.25) is 0 Å². The van der Waals surface area contributed by atoms with E-state index in [4.69, 9.17) is 19.4 Å². The van der Waals surface area contributed by atoms with Gasteiger partial charge in [0.05, 0.1) is 25.3 Å². The van der Waals surface area contributed by atoms with E-state index in [1.165, 1.54) is 11.9 Å². The van der Waals surface area contributed by atoms with Crippen LogP contribution >= 0.6 is 11.9 Å². The number of nitrogens with one attached hydrogen (secondary N) is 3. The van der Waals surface area contributed by atoms with Crippen LogP contribution in [0.1, 0.15) is 0 Å². The van der Waals surface area contributed by atoms with Gasteiger partial charge in [-0.15, -0.1) is 0 Å². The third kappa shape index (κ3) is 4.92. The molecule has 7 nitrogen and oxygen atoms in total. The average Bonchev–Trinajstić information content (AvgIpc) is 2.82.